The van der Waals surface area contributed by atoms with E-state index < -0.39 is 0 Å². The van der Waals surface area contributed by atoms with Gasteiger partial charge in [0, 0.05) is 18.8 Å². The van der Waals surface area contributed by atoms with Crippen molar-refractivity contribution in [1.29, 1.82) is 0 Å². The molecule has 1 aliphatic heterocycles. The second-order valence-corrected chi connectivity index (χ2v) is 5.68. The molecule has 0 aromatic carbocycles. The third kappa shape index (κ3) is 2.21. The molecule has 0 bridgehead atoms. The highest BCUT2D eigenvalue weighted by molar-refractivity contribution is 7.71. The number of aromatic nitrogens is 3. The molecule has 2 aromatic heterocycles. The summed E-state index contributed by atoms with van der Waals surface area (Å²) in [7, 11) is 0. The number of nitrogens with zero attached hydrogens (tertiary/aromatic N) is 3. The monoisotopic (exact) mass is 276 g/mol. The molecule has 1 saturated heterocycles. The zero-order valence-electron chi connectivity index (χ0n) is 11.5. The third-order valence-electron chi connectivity index (χ3n) is 4.17. The Labute approximate surface area is 118 Å². The smallest absolute Gasteiger partial charge is 0.179 e. The molecule has 5 heteroatoms. The van der Waals surface area contributed by atoms with Crippen molar-refractivity contribution in [2.24, 2.45) is 0 Å². The highest BCUT2D eigenvalue weighted by atomic mass is 32.1. The van der Waals surface area contributed by atoms with E-state index >= 15 is 0 Å². The molecule has 102 valence electrons. The Morgan fingerprint density at radius 3 is 3.16 bits per heavy atom. The number of H-pyrrole nitrogens is 1. The normalized spacial score (nSPS) is 20.4. The van der Waals surface area contributed by atoms with Crippen LogP contribution < -0.4 is 0 Å². The van der Waals surface area contributed by atoms with Crippen LogP contribution in [0.3, 0.4) is 0 Å². The summed E-state index contributed by atoms with van der Waals surface area (Å²) in [5.74, 6) is 0. The van der Waals surface area contributed by atoms with Crippen molar-refractivity contribution in [3.05, 3.63) is 22.6 Å². The van der Waals surface area contributed by atoms with Crippen molar-refractivity contribution >= 4 is 23.4 Å². The number of hydrogen-bond donors (Lipinski definition) is 1. The highest BCUT2D eigenvalue weighted by Gasteiger charge is 2.24. The zero-order chi connectivity index (χ0) is 13.4. The molecule has 3 heterocycles. The van der Waals surface area contributed by atoms with E-state index in [0.717, 1.165) is 29.0 Å². The molecule has 4 nitrogen and oxygen atoms in total. The second kappa shape index (κ2) is 5.06. The van der Waals surface area contributed by atoms with Gasteiger partial charge in [-0.3, -0.25) is 9.47 Å². The van der Waals surface area contributed by atoms with Crippen LogP contribution in [0.25, 0.3) is 11.2 Å². The molecule has 19 heavy (non-hydrogen) atoms. The van der Waals surface area contributed by atoms with Gasteiger partial charge in [0.25, 0.3) is 0 Å². The van der Waals surface area contributed by atoms with Crippen molar-refractivity contribution in [2.45, 2.75) is 39.3 Å². The molecule has 1 N–H and O–H groups in total. The largest absolute Gasteiger partial charge is 0.329 e. The summed E-state index contributed by atoms with van der Waals surface area (Å²) in [6.45, 7) is 7.60. The summed E-state index contributed by atoms with van der Waals surface area (Å²) in [5, 5.41) is 0. The first-order chi connectivity index (χ1) is 9.20. The van der Waals surface area contributed by atoms with E-state index in [9.17, 15) is 0 Å². The maximum atomic E-state index is 5.47. The van der Waals surface area contributed by atoms with Crippen molar-refractivity contribution < 1.29 is 0 Å². The fourth-order valence-electron chi connectivity index (χ4n) is 3.07. The van der Waals surface area contributed by atoms with Crippen molar-refractivity contribution in [2.75, 3.05) is 13.1 Å². The number of rotatable bonds is 3. The first kappa shape index (κ1) is 12.8. The van der Waals surface area contributed by atoms with Crippen LogP contribution in [-0.4, -0.2) is 38.6 Å². The summed E-state index contributed by atoms with van der Waals surface area (Å²) in [4.78, 5) is 10.3. The molecule has 1 atom stereocenters. The summed E-state index contributed by atoms with van der Waals surface area (Å²) in [6.07, 6.45) is 4.41. The van der Waals surface area contributed by atoms with Crippen molar-refractivity contribution in [3.63, 3.8) is 0 Å². The number of pyridine rings is 1. The number of aryl methyl sites for hydroxylation is 1. The van der Waals surface area contributed by atoms with Crippen LogP contribution in [0.2, 0.25) is 0 Å². The number of likely N-dealkylation sites (N-methyl/N-ethyl adjacent to an activating group) is 1. The number of fused-ring (bicyclic) bond motifs is 1. The molecule has 0 aliphatic carbocycles. The molecule has 0 amide bonds. The lowest BCUT2D eigenvalue weighted by Gasteiger charge is -2.23. The first-order valence-corrected chi connectivity index (χ1v) is 7.39. The van der Waals surface area contributed by atoms with Gasteiger partial charge in [-0.1, -0.05) is 6.92 Å². The first-order valence-electron chi connectivity index (χ1n) is 6.99. The van der Waals surface area contributed by atoms with Gasteiger partial charge in [0.2, 0.25) is 0 Å². The van der Waals surface area contributed by atoms with Crippen LogP contribution in [0, 0.1) is 11.7 Å². The van der Waals surface area contributed by atoms with Crippen LogP contribution in [0.5, 0.6) is 0 Å². The molecule has 3 rings (SSSR count). The van der Waals surface area contributed by atoms with Gasteiger partial charge in [-0.25, -0.2) is 4.98 Å². The molecule has 1 fully saturated rings. The number of aromatic amines is 1. The Bertz CT molecular complexity index is 642. The van der Waals surface area contributed by atoms with Crippen LogP contribution in [0.4, 0.5) is 0 Å². The van der Waals surface area contributed by atoms with E-state index in [2.05, 4.69) is 33.3 Å². The van der Waals surface area contributed by atoms with E-state index in [0.29, 0.717) is 6.04 Å². The number of hydrogen-bond acceptors (Lipinski definition) is 3. The van der Waals surface area contributed by atoms with Crippen LogP contribution >= 0.6 is 12.2 Å². The minimum atomic E-state index is 0.595. The van der Waals surface area contributed by atoms with Crippen LogP contribution in [-0.2, 0) is 6.54 Å². The Balaban J connectivity index is 1.99. The van der Waals surface area contributed by atoms with Gasteiger partial charge < -0.3 is 4.98 Å². The van der Waals surface area contributed by atoms with E-state index in [1.807, 2.05) is 12.3 Å². The van der Waals surface area contributed by atoms with Gasteiger partial charge in [0.05, 0.1) is 5.52 Å². The van der Waals surface area contributed by atoms with Gasteiger partial charge in [-0.05, 0) is 56.7 Å². The molecular formula is C14H20N4S. The SMILES string of the molecule is CCN1CCCC1Cn1c(=S)[nH]c2c(C)ccnc21. The van der Waals surface area contributed by atoms with Gasteiger partial charge >= 0.3 is 0 Å². The maximum absolute atomic E-state index is 5.47. The molecule has 1 unspecified atom stereocenters. The molecular weight excluding hydrogens is 256 g/mol. The molecule has 2 aromatic rings. The quantitative estimate of drug-likeness (QED) is 0.876. The molecule has 0 radical (unpaired) electrons. The van der Waals surface area contributed by atoms with Gasteiger partial charge in [-0.15, -0.1) is 0 Å². The Hall–Kier alpha value is -1.20. The summed E-state index contributed by atoms with van der Waals surface area (Å²) in [6, 6.07) is 2.62. The second-order valence-electron chi connectivity index (χ2n) is 5.29. The van der Waals surface area contributed by atoms with Crippen molar-refractivity contribution in [3.8, 4) is 0 Å². The average Bonchev–Trinajstić information content (AvgIpc) is 2.97. The van der Waals surface area contributed by atoms with E-state index in [1.54, 1.807) is 0 Å². The summed E-state index contributed by atoms with van der Waals surface area (Å²) < 4.78 is 2.95. The lowest BCUT2D eigenvalue weighted by molar-refractivity contribution is 0.245. The van der Waals surface area contributed by atoms with Crippen molar-refractivity contribution in [1.82, 2.24) is 19.4 Å². The Morgan fingerprint density at radius 2 is 2.37 bits per heavy atom. The van der Waals surface area contributed by atoms with E-state index in [-0.39, 0.29) is 0 Å². The average molecular weight is 276 g/mol. The Morgan fingerprint density at radius 1 is 1.53 bits per heavy atom. The minimum Gasteiger partial charge on any atom is -0.329 e. The number of imidazole rings is 1. The highest BCUT2D eigenvalue weighted by Crippen LogP contribution is 2.21. The van der Waals surface area contributed by atoms with Crippen LogP contribution in [0.1, 0.15) is 25.3 Å². The van der Waals surface area contributed by atoms with E-state index in [4.69, 9.17) is 12.2 Å². The summed E-state index contributed by atoms with van der Waals surface area (Å²) >= 11 is 5.47. The van der Waals surface area contributed by atoms with Gasteiger partial charge in [-0.2, -0.15) is 0 Å². The fraction of sp³-hybridized carbons (Fsp3) is 0.571. The maximum Gasteiger partial charge on any atom is 0.179 e. The van der Waals surface area contributed by atoms with E-state index in [1.165, 1.54) is 24.9 Å². The standard InChI is InChI=1S/C14H20N4S/c1-3-17-8-4-5-11(17)9-18-13-12(16-14(18)19)10(2)6-7-15-13/h6-7,11H,3-5,8-9H2,1-2H3,(H,16,19). The zero-order valence-corrected chi connectivity index (χ0v) is 12.3. The third-order valence-corrected chi connectivity index (χ3v) is 4.49. The number of nitrogens with one attached hydrogen (secondary N) is 1. The van der Waals surface area contributed by atoms with Crippen LogP contribution in [0.15, 0.2) is 12.3 Å². The van der Waals surface area contributed by atoms with Gasteiger partial charge in [0.15, 0.2) is 10.4 Å². The van der Waals surface area contributed by atoms with Gasteiger partial charge in [0.1, 0.15) is 0 Å². The topological polar surface area (TPSA) is 36.9 Å². The minimum absolute atomic E-state index is 0.595. The Kier molecular flexibility index (Phi) is 3.41. The lowest BCUT2D eigenvalue weighted by Crippen LogP contribution is -2.32. The molecule has 0 saturated carbocycles. The molecule has 0 spiro atoms. The molecule has 1 aliphatic rings. The predicted molar refractivity (Wildman–Crippen MR) is 79.9 cm³/mol. The predicted octanol–water partition coefficient (Wildman–Crippen LogP) is 2.89. The number of likely N-dealkylation sites (tertiary alicyclic amines) is 1. The summed E-state index contributed by atoms with van der Waals surface area (Å²) in [5.41, 5.74) is 3.27. The lowest BCUT2D eigenvalue weighted by atomic mass is 10.2. The fourth-order valence-corrected chi connectivity index (χ4v) is 3.34.